The van der Waals surface area contributed by atoms with E-state index < -0.39 is 6.10 Å². The Morgan fingerprint density at radius 1 is 1.22 bits per heavy atom. The molecule has 1 aliphatic rings. The molecular formula is C17H22N4O2. The van der Waals surface area contributed by atoms with E-state index in [2.05, 4.69) is 20.6 Å². The first kappa shape index (κ1) is 15.7. The summed E-state index contributed by atoms with van der Waals surface area (Å²) in [7, 11) is 0. The van der Waals surface area contributed by atoms with Crippen LogP contribution in [0.2, 0.25) is 0 Å². The summed E-state index contributed by atoms with van der Waals surface area (Å²) in [4.78, 5) is 8.43. The van der Waals surface area contributed by atoms with E-state index in [1.54, 1.807) is 0 Å². The minimum absolute atomic E-state index is 0.293. The molecule has 0 saturated carbocycles. The van der Waals surface area contributed by atoms with Gasteiger partial charge in [-0.2, -0.15) is 0 Å². The van der Waals surface area contributed by atoms with Gasteiger partial charge in [-0.05, 0) is 18.4 Å². The number of nitrogens with one attached hydrogen (secondary N) is 2. The Hall–Kier alpha value is -2.18. The van der Waals surface area contributed by atoms with Crippen molar-refractivity contribution in [1.82, 2.24) is 9.97 Å². The van der Waals surface area contributed by atoms with Crippen LogP contribution in [0.1, 0.15) is 24.5 Å². The van der Waals surface area contributed by atoms with Crippen LogP contribution in [0.3, 0.4) is 0 Å². The Morgan fingerprint density at radius 3 is 2.83 bits per heavy atom. The Kier molecular flexibility index (Phi) is 5.39. The molecule has 3 N–H and O–H groups in total. The molecule has 0 aliphatic carbocycles. The van der Waals surface area contributed by atoms with E-state index >= 15 is 0 Å². The largest absolute Gasteiger partial charge is 0.387 e. The fourth-order valence-corrected chi connectivity index (χ4v) is 2.59. The van der Waals surface area contributed by atoms with Gasteiger partial charge in [0.25, 0.3) is 0 Å². The lowest BCUT2D eigenvalue weighted by molar-refractivity contribution is 0.0875. The van der Waals surface area contributed by atoms with Crippen molar-refractivity contribution in [3.05, 3.63) is 48.3 Å². The molecule has 6 heteroatoms. The average molecular weight is 314 g/mol. The summed E-state index contributed by atoms with van der Waals surface area (Å²) in [6.45, 7) is 1.94. The predicted molar refractivity (Wildman–Crippen MR) is 89.4 cm³/mol. The fourth-order valence-electron chi connectivity index (χ4n) is 2.59. The van der Waals surface area contributed by atoms with Gasteiger partial charge in [-0.3, -0.25) is 0 Å². The maximum Gasteiger partial charge on any atom is 0.131 e. The summed E-state index contributed by atoms with van der Waals surface area (Å²) in [5, 5.41) is 16.7. The smallest absolute Gasteiger partial charge is 0.131 e. The van der Waals surface area contributed by atoms with Gasteiger partial charge in [-0.15, -0.1) is 0 Å². The molecule has 1 aliphatic heterocycles. The molecule has 0 unspecified atom stereocenters. The van der Waals surface area contributed by atoms with E-state index in [0.29, 0.717) is 25.0 Å². The highest BCUT2D eigenvalue weighted by Crippen LogP contribution is 2.16. The predicted octanol–water partition coefficient (Wildman–Crippen LogP) is 2.21. The number of aliphatic hydroxyl groups is 1. The summed E-state index contributed by atoms with van der Waals surface area (Å²) in [6.07, 6.45) is 3.09. The average Bonchev–Trinajstić information content (AvgIpc) is 2.62. The van der Waals surface area contributed by atoms with Gasteiger partial charge in [0.05, 0.1) is 18.8 Å². The molecule has 2 aromatic rings. The van der Waals surface area contributed by atoms with Crippen LogP contribution in [-0.4, -0.2) is 40.9 Å². The number of aliphatic hydroxyl groups excluding tert-OH is 1. The molecule has 1 saturated heterocycles. The fraction of sp³-hybridized carbons (Fsp3) is 0.412. The van der Waals surface area contributed by atoms with E-state index in [0.717, 1.165) is 30.8 Å². The molecule has 23 heavy (non-hydrogen) atoms. The van der Waals surface area contributed by atoms with Crippen LogP contribution >= 0.6 is 0 Å². The number of rotatable bonds is 6. The van der Waals surface area contributed by atoms with Gasteiger partial charge < -0.3 is 20.5 Å². The number of anilines is 2. The lowest BCUT2D eigenvalue weighted by Gasteiger charge is -2.23. The summed E-state index contributed by atoms with van der Waals surface area (Å²) >= 11 is 0. The van der Waals surface area contributed by atoms with Crippen molar-refractivity contribution < 1.29 is 9.84 Å². The third kappa shape index (κ3) is 4.64. The van der Waals surface area contributed by atoms with Gasteiger partial charge >= 0.3 is 0 Å². The van der Waals surface area contributed by atoms with Crippen molar-refractivity contribution in [2.24, 2.45) is 0 Å². The van der Waals surface area contributed by atoms with Crippen molar-refractivity contribution >= 4 is 11.6 Å². The summed E-state index contributed by atoms with van der Waals surface area (Å²) in [5.41, 5.74) is 0.881. The monoisotopic (exact) mass is 314 g/mol. The first-order valence-corrected chi connectivity index (χ1v) is 7.94. The second kappa shape index (κ2) is 7.89. The zero-order chi connectivity index (χ0) is 15.9. The Balaban J connectivity index is 1.55. The van der Waals surface area contributed by atoms with E-state index in [-0.39, 0.29) is 0 Å². The molecule has 2 atom stereocenters. The zero-order valence-corrected chi connectivity index (χ0v) is 13.0. The molecule has 122 valence electrons. The van der Waals surface area contributed by atoms with Crippen molar-refractivity contribution in [2.45, 2.75) is 25.0 Å². The summed E-state index contributed by atoms with van der Waals surface area (Å²) in [6, 6.07) is 11.7. The molecular weight excluding hydrogens is 292 g/mol. The van der Waals surface area contributed by atoms with Crippen LogP contribution in [-0.2, 0) is 4.74 Å². The second-order valence-corrected chi connectivity index (χ2v) is 5.65. The highest BCUT2D eigenvalue weighted by molar-refractivity contribution is 5.47. The number of hydrogen-bond acceptors (Lipinski definition) is 6. The van der Waals surface area contributed by atoms with E-state index in [1.165, 1.54) is 6.33 Å². The normalized spacial score (nSPS) is 19.1. The number of ether oxygens (including phenoxy) is 1. The highest BCUT2D eigenvalue weighted by atomic mass is 16.5. The topological polar surface area (TPSA) is 79.3 Å². The summed E-state index contributed by atoms with van der Waals surface area (Å²) < 4.78 is 5.46. The molecule has 1 fully saturated rings. The quantitative estimate of drug-likeness (QED) is 0.759. The first-order valence-electron chi connectivity index (χ1n) is 7.94. The van der Waals surface area contributed by atoms with E-state index in [1.807, 2.05) is 36.4 Å². The third-order valence-corrected chi connectivity index (χ3v) is 3.84. The Bertz CT molecular complexity index is 603. The van der Waals surface area contributed by atoms with E-state index in [9.17, 15) is 5.11 Å². The molecule has 0 amide bonds. The summed E-state index contributed by atoms with van der Waals surface area (Å²) in [5.74, 6) is 1.46. The standard InChI is InChI=1S/C17H22N4O2/c22-15(13-5-2-1-3-6-13)10-18-16-9-17(20-12-19-16)21-14-7-4-8-23-11-14/h1-3,5-6,9,12,14-15,22H,4,7-8,10-11H2,(H2,18,19,20,21)/t14-,15-/m1/s1. The second-order valence-electron chi connectivity index (χ2n) is 5.65. The Morgan fingerprint density at radius 2 is 2.04 bits per heavy atom. The van der Waals surface area contributed by atoms with Crippen LogP contribution in [0.25, 0.3) is 0 Å². The van der Waals surface area contributed by atoms with Crippen molar-refractivity contribution in [3.8, 4) is 0 Å². The Labute approximate surface area is 135 Å². The molecule has 3 rings (SSSR count). The lowest BCUT2D eigenvalue weighted by Crippen LogP contribution is -2.30. The molecule has 0 bridgehead atoms. The number of nitrogens with zero attached hydrogens (tertiary/aromatic N) is 2. The minimum atomic E-state index is -0.575. The van der Waals surface area contributed by atoms with Crippen molar-refractivity contribution in [2.75, 3.05) is 30.4 Å². The van der Waals surface area contributed by atoms with Crippen LogP contribution in [0.5, 0.6) is 0 Å². The van der Waals surface area contributed by atoms with Gasteiger partial charge in [0, 0.05) is 19.2 Å². The van der Waals surface area contributed by atoms with Crippen molar-refractivity contribution in [1.29, 1.82) is 0 Å². The molecule has 6 nitrogen and oxygen atoms in total. The number of hydrogen-bond donors (Lipinski definition) is 3. The maximum atomic E-state index is 10.2. The molecule has 0 radical (unpaired) electrons. The van der Waals surface area contributed by atoms with Crippen LogP contribution in [0.4, 0.5) is 11.6 Å². The SMILES string of the molecule is O[C@H](CNc1cc(N[C@@H]2CCCOC2)ncn1)c1ccccc1. The van der Waals surface area contributed by atoms with Gasteiger partial charge in [0.1, 0.15) is 18.0 Å². The number of benzene rings is 1. The third-order valence-electron chi connectivity index (χ3n) is 3.84. The number of aromatic nitrogens is 2. The van der Waals surface area contributed by atoms with E-state index in [4.69, 9.17) is 4.74 Å². The van der Waals surface area contributed by atoms with Gasteiger partial charge in [-0.25, -0.2) is 9.97 Å². The lowest BCUT2D eigenvalue weighted by atomic mass is 10.1. The molecule has 2 heterocycles. The van der Waals surface area contributed by atoms with Crippen molar-refractivity contribution in [3.63, 3.8) is 0 Å². The van der Waals surface area contributed by atoms with Gasteiger partial charge in [0.2, 0.25) is 0 Å². The molecule has 1 aromatic heterocycles. The molecule has 1 aromatic carbocycles. The van der Waals surface area contributed by atoms with Gasteiger partial charge in [-0.1, -0.05) is 30.3 Å². The maximum absolute atomic E-state index is 10.2. The van der Waals surface area contributed by atoms with Crippen LogP contribution in [0, 0.1) is 0 Å². The molecule has 0 spiro atoms. The van der Waals surface area contributed by atoms with Gasteiger partial charge in [0.15, 0.2) is 0 Å². The highest BCUT2D eigenvalue weighted by Gasteiger charge is 2.14. The van der Waals surface area contributed by atoms with Crippen LogP contribution in [0.15, 0.2) is 42.7 Å². The van der Waals surface area contributed by atoms with Crippen LogP contribution < -0.4 is 10.6 Å². The zero-order valence-electron chi connectivity index (χ0n) is 13.0. The first-order chi connectivity index (χ1) is 11.3. The minimum Gasteiger partial charge on any atom is -0.387 e.